The van der Waals surface area contributed by atoms with Gasteiger partial charge in [-0.1, -0.05) is 18.2 Å². The Labute approximate surface area is 172 Å². The second-order valence-corrected chi connectivity index (χ2v) is 10.4. The van der Waals surface area contributed by atoms with Gasteiger partial charge < -0.3 is 13.9 Å². The highest BCUT2D eigenvalue weighted by Crippen LogP contribution is 2.69. The molecule has 3 heterocycles. The van der Waals surface area contributed by atoms with Crippen molar-refractivity contribution in [3.05, 3.63) is 53.4 Å². The number of benzene rings is 1. The van der Waals surface area contributed by atoms with Crippen LogP contribution in [0.1, 0.15) is 61.9 Å². The lowest BCUT2D eigenvalue weighted by Crippen LogP contribution is -2.62. The predicted molar refractivity (Wildman–Crippen MR) is 116 cm³/mol. The molecule has 3 aromatic rings. The van der Waals surface area contributed by atoms with Gasteiger partial charge in [-0.15, -0.1) is 0 Å². The summed E-state index contributed by atoms with van der Waals surface area (Å²) in [6.07, 6.45) is 9.01. The summed E-state index contributed by atoms with van der Waals surface area (Å²) >= 11 is 0. The van der Waals surface area contributed by atoms with Gasteiger partial charge in [0.25, 0.3) is 0 Å². The van der Waals surface area contributed by atoms with E-state index in [4.69, 9.17) is 4.42 Å². The molecule has 0 saturated heterocycles. The zero-order chi connectivity index (χ0) is 19.5. The molecule has 0 radical (unpaired) electrons. The van der Waals surface area contributed by atoms with Crippen molar-refractivity contribution in [3.63, 3.8) is 0 Å². The topological polar surface area (TPSA) is 21.3 Å². The largest absolute Gasteiger partial charge is 0.462 e. The van der Waals surface area contributed by atoms with Gasteiger partial charge in [0.05, 0.1) is 29.1 Å². The number of rotatable bonds is 1. The summed E-state index contributed by atoms with van der Waals surface area (Å²) in [5, 5.41) is 0. The molecule has 8 rings (SSSR count). The zero-order valence-corrected chi connectivity index (χ0v) is 17.7. The lowest BCUT2D eigenvalue weighted by atomic mass is 9.47. The van der Waals surface area contributed by atoms with Gasteiger partial charge >= 0.3 is 0 Å². The molecule has 150 valence electrons. The molecule has 4 fully saturated rings. The van der Waals surface area contributed by atoms with E-state index in [1.54, 1.807) is 5.69 Å². The molecule has 3 heteroatoms. The second-order valence-electron chi connectivity index (χ2n) is 10.4. The van der Waals surface area contributed by atoms with Gasteiger partial charge in [-0.25, -0.2) is 0 Å². The summed E-state index contributed by atoms with van der Waals surface area (Å²) < 4.78 is 8.61. The van der Waals surface area contributed by atoms with E-state index in [-0.39, 0.29) is 5.54 Å². The van der Waals surface area contributed by atoms with Crippen LogP contribution in [0.3, 0.4) is 0 Å². The highest BCUT2D eigenvalue weighted by atomic mass is 16.3. The van der Waals surface area contributed by atoms with Crippen molar-refractivity contribution in [1.82, 2.24) is 4.57 Å². The smallest absolute Gasteiger partial charge is 0.157 e. The Bertz CT molecular complexity index is 1110. The van der Waals surface area contributed by atoms with E-state index in [0.29, 0.717) is 6.04 Å². The van der Waals surface area contributed by atoms with Crippen molar-refractivity contribution < 1.29 is 4.42 Å². The number of aromatic nitrogens is 1. The summed E-state index contributed by atoms with van der Waals surface area (Å²) in [4.78, 5) is 2.86. The van der Waals surface area contributed by atoms with Gasteiger partial charge in [0.2, 0.25) is 0 Å². The van der Waals surface area contributed by atoms with Crippen LogP contribution in [0.4, 0.5) is 5.69 Å². The summed E-state index contributed by atoms with van der Waals surface area (Å²) in [6.45, 7) is 4.71. The standard InChI is InChI=1S/C26H30N2O/c1-15-6-4-5-7-21(15)28-16(2)23-24-22(8-9-29-24)27(3)25(23)26(28)19-11-17-10-18(13-19)14-20(26)12-17/h4-9,16-20H,10-14H2,1-3H3. The first-order chi connectivity index (χ1) is 14.1. The highest BCUT2D eigenvalue weighted by Gasteiger charge is 2.66. The minimum atomic E-state index is 0.130. The SMILES string of the molecule is Cc1ccccc1N1C(C)c2c(n(C)c3ccoc23)C12C1CC3CC(C1)CC2C3. The van der Waals surface area contributed by atoms with E-state index < -0.39 is 0 Å². The van der Waals surface area contributed by atoms with Crippen molar-refractivity contribution in [2.45, 2.75) is 57.5 Å². The van der Waals surface area contributed by atoms with Crippen molar-refractivity contribution >= 4 is 16.8 Å². The minimum absolute atomic E-state index is 0.130. The fourth-order valence-electron chi connectivity index (χ4n) is 8.54. The lowest BCUT2D eigenvalue weighted by molar-refractivity contribution is -0.0629. The Hall–Kier alpha value is -2.16. The Morgan fingerprint density at radius 3 is 2.34 bits per heavy atom. The van der Waals surface area contributed by atoms with Crippen LogP contribution in [0.25, 0.3) is 11.1 Å². The van der Waals surface area contributed by atoms with Gasteiger partial charge in [-0.3, -0.25) is 0 Å². The lowest BCUT2D eigenvalue weighted by Gasteiger charge is -2.64. The maximum Gasteiger partial charge on any atom is 0.157 e. The third kappa shape index (κ3) is 1.78. The molecule has 29 heavy (non-hydrogen) atoms. The molecule has 1 aromatic carbocycles. The third-order valence-corrected chi connectivity index (χ3v) is 9.18. The van der Waals surface area contributed by atoms with Crippen LogP contribution in [0, 0.1) is 30.6 Å². The molecule has 2 aromatic heterocycles. The summed E-state index contributed by atoms with van der Waals surface area (Å²) in [6, 6.07) is 11.6. The van der Waals surface area contributed by atoms with E-state index in [2.05, 4.69) is 60.7 Å². The number of hydrogen-bond donors (Lipinski definition) is 0. The number of hydrogen-bond acceptors (Lipinski definition) is 2. The van der Waals surface area contributed by atoms with Crippen molar-refractivity contribution in [2.75, 3.05) is 4.90 Å². The number of anilines is 1. The minimum Gasteiger partial charge on any atom is -0.462 e. The van der Waals surface area contributed by atoms with E-state index in [0.717, 1.165) is 29.3 Å². The molecule has 1 atom stereocenters. The molecular formula is C26H30N2O. The van der Waals surface area contributed by atoms with Crippen LogP contribution in [0.15, 0.2) is 41.0 Å². The van der Waals surface area contributed by atoms with Crippen molar-refractivity contribution in [1.29, 1.82) is 0 Å². The quantitative estimate of drug-likeness (QED) is 0.488. The fraction of sp³-hybridized carbons (Fsp3) is 0.538. The molecule has 1 aliphatic heterocycles. The number of aryl methyl sites for hydroxylation is 2. The maximum atomic E-state index is 6.10. The molecule has 1 spiro atoms. The van der Waals surface area contributed by atoms with Crippen molar-refractivity contribution in [3.8, 4) is 0 Å². The van der Waals surface area contributed by atoms with Gasteiger partial charge in [0.1, 0.15) is 0 Å². The van der Waals surface area contributed by atoms with Crippen LogP contribution in [0.2, 0.25) is 0 Å². The van der Waals surface area contributed by atoms with Crippen LogP contribution in [-0.2, 0) is 12.6 Å². The molecule has 0 amide bonds. The first kappa shape index (κ1) is 16.6. The predicted octanol–water partition coefficient (Wildman–Crippen LogP) is 6.31. The molecule has 4 bridgehead atoms. The molecule has 4 saturated carbocycles. The third-order valence-electron chi connectivity index (χ3n) is 9.18. The number of nitrogens with zero attached hydrogens (tertiary/aromatic N) is 2. The Kier molecular flexibility index (Phi) is 3.04. The fourth-order valence-corrected chi connectivity index (χ4v) is 8.54. The van der Waals surface area contributed by atoms with Gasteiger partial charge in [-0.2, -0.15) is 0 Å². The summed E-state index contributed by atoms with van der Waals surface area (Å²) in [7, 11) is 2.29. The van der Waals surface area contributed by atoms with E-state index in [9.17, 15) is 0 Å². The van der Waals surface area contributed by atoms with Crippen LogP contribution < -0.4 is 4.90 Å². The molecular weight excluding hydrogens is 356 g/mol. The van der Waals surface area contributed by atoms with E-state index in [1.165, 1.54) is 54.4 Å². The molecule has 1 unspecified atom stereocenters. The molecule has 0 N–H and O–H groups in total. The number of para-hydroxylation sites is 1. The monoisotopic (exact) mass is 386 g/mol. The zero-order valence-electron chi connectivity index (χ0n) is 17.7. The number of fused-ring (bicyclic) bond motifs is 3. The van der Waals surface area contributed by atoms with Crippen LogP contribution in [0.5, 0.6) is 0 Å². The molecule has 3 nitrogen and oxygen atoms in total. The Morgan fingerprint density at radius 1 is 0.966 bits per heavy atom. The first-order valence-corrected chi connectivity index (χ1v) is 11.5. The van der Waals surface area contributed by atoms with E-state index >= 15 is 0 Å². The molecule has 4 aliphatic carbocycles. The van der Waals surface area contributed by atoms with Crippen LogP contribution >= 0.6 is 0 Å². The molecule has 5 aliphatic rings. The van der Waals surface area contributed by atoms with Gasteiger partial charge in [-0.05, 0) is 81.3 Å². The van der Waals surface area contributed by atoms with Crippen molar-refractivity contribution in [2.24, 2.45) is 30.7 Å². The average molecular weight is 387 g/mol. The first-order valence-electron chi connectivity index (χ1n) is 11.5. The average Bonchev–Trinajstić information content (AvgIpc) is 3.34. The van der Waals surface area contributed by atoms with Gasteiger partial charge in [0.15, 0.2) is 5.58 Å². The Balaban J connectivity index is 1.56. The normalized spacial score (nSPS) is 37.2. The van der Waals surface area contributed by atoms with Crippen LogP contribution in [-0.4, -0.2) is 4.57 Å². The summed E-state index contributed by atoms with van der Waals surface area (Å²) in [5.41, 5.74) is 8.41. The van der Waals surface area contributed by atoms with Gasteiger partial charge in [0, 0.05) is 24.4 Å². The second kappa shape index (κ2) is 5.30. The summed E-state index contributed by atoms with van der Waals surface area (Å²) in [5.74, 6) is 3.45. The maximum absolute atomic E-state index is 6.10. The highest BCUT2D eigenvalue weighted by molar-refractivity contribution is 5.84. The van der Waals surface area contributed by atoms with E-state index in [1.807, 2.05) is 6.26 Å². The number of furan rings is 1. The Morgan fingerprint density at radius 2 is 1.66 bits per heavy atom.